The molecular weight excluding hydrogens is 330 g/mol. The lowest BCUT2D eigenvalue weighted by Gasteiger charge is -2.33. The molecule has 2 aliphatic rings. The van der Waals surface area contributed by atoms with Gasteiger partial charge in [-0.1, -0.05) is 36.2 Å². The minimum atomic E-state index is -0.00108. The number of nitrogens with zero attached hydrogens (tertiary/aromatic N) is 3. The van der Waals surface area contributed by atoms with Gasteiger partial charge in [-0.05, 0) is 37.1 Å². The lowest BCUT2D eigenvalue weighted by atomic mass is 10.2. The molecule has 1 saturated carbocycles. The molecule has 0 bridgehead atoms. The van der Waals surface area contributed by atoms with E-state index < -0.39 is 0 Å². The monoisotopic (exact) mass is 351 g/mol. The van der Waals surface area contributed by atoms with Crippen LogP contribution in [-0.4, -0.2) is 41.0 Å². The first-order chi connectivity index (χ1) is 11.1. The molecule has 1 heterocycles. The van der Waals surface area contributed by atoms with Crippen LogP contribution in [0.2, 0.25) is 5.02 Å². The number of hydrogen-bond acceptors (Lipinski definition) is 3. The van der Waals surface area contributed by atoms with Crippen molar-refractivity contribution in [2.75, 3.05) is 17.7 Å². The molecule has 2 fully saturated rings. The van der Waals surface area contributed by atoms with Gasteiger partial charge in [0.25, 0.3) is 0 Å². The van der Waals surface area contributed by atoms with Crippen LogP contribution in [0.15, 0.2) is 29.3 Å². The Bertz CT molecular complexity index is 598. The molecule has 1 saturated heterocycles. The number of halogens is 1. The largest absolute Gasteiger partial charge is 0.333 e. The molecule has 4 nitrogen and oxygen atoms in total. The van der Waals surface area contributed by atoms with Gasteiger partial charge >= 0.3 is 0 Å². The molecule has 124 valence electrons. The lowest BCUT2D eigenvalue weighted by Crippen LogP contribution is -2.48. The van der Waals surface area contributed by atoms with Crippen molar-refractivity contribution in [3.63, 3.8) is 0 Å². The second kappa shape index (κ2) is 7.14. The van der Waals surface area contributed by atoms with Crippen LogP contribution in [0.25, 0.3) is 0 Å². The third kappa shape index (κ3) is 3.66. The van der Waals surface area contributed by atoms with Crippen molar-refractivity contribution >= 4 is 40.1 Å². The number of carbonyl (C=O) groups excluding carboxylic acids is 1. The Hall–Kier alpha value is -1.20. The van der Waals surface area contributed by atoms with Crippen molar-refractivity contribution in [3.05, 3.63) is 29.3 Å². The van der Waals surface area contributed by atoms with E-state index in [2.05, 4.69) is 4.90 Å². The highest BCUT2D eigenvalue weighted by atomic mass is 35.5. The van der Waals surface area contributed by atoms with Crippen molar-refractivity contribution in [1.82, 2.24) is 4.90 Å². The standard InChI is InChI=1S/C17H22ClN3OS/c1-12(22)21(15-9-7-13(18)8-10-15)16-11-23-17(20(16)2)19-14-5-3-4-6-14/h7-10,14,16H,3-6,11H2,1-2H3. The predicted molar refractivity (Wildman–Crippen MR) is 98.3 cm³/mol. The lowest BCUT2D eigenvalue weighted by molar-refractivity contribution is -0.117. The molecule has 3 rings (SSSR count). The maximum atomic E-state index is 12.2. The zero-order chi connectivity index (χ0) is 16.4. The average molecular weight is 352 g/mol. The summed E-state index contributed by atoms with van der Waals surface area (Å²) in [6.45, 7) is 1.61. The van der Waals surface area contributed by atoms with Gasteiger partial charge in [0.2, 0.25) is 5.91 Å². The van der Waals surface area contributed by atoms with Crippen molar-refractivity contribution in [3.8, 4) is 0 Å². The number of aliphatic imine (C=N–C) groups is 1. The summed E-state index contributed by atoms with van der Waals surface area (Å²) in [4.78, 5) is 21.1. The number of benzene rings is 1. The predicted octanol–water partition coefficient (Wildman–Crippen LogP) is 4.00. The van der Waals surface area contributed by atoms with E-state index in [0.717, 1.165) is 16.6 Å². The van der Waals surface area contributed by atoms with E-state index in [9.17, 15) is 4.79 Å². The summed E-state index contributed by atoms with van der Waals surface area (Å²) in [6.07, 6.45) is 4.94. The van der Waals surface area contributed by atoms with Gasteiger partial charge in [-0.3, -0.25) is 14.7 Å². The highest BCUT2D eigenvalue weighted by Gasteiger charge is 2.35. The number of anilines is 1. The second-order valence-electron chi connectivity index (χ2n) is 6.12. The summed E-state index contributed by atoms with van der Waals surface area (Å²) in [6, 6.07) is 7.90. The first-order valence-corrected chi connectivity index (χ1v) is 9.41. The summed E-state index contributed by atoms with van der Waals surface area (Å²) < 4.78 is 0. The number of rotatable bonds is 3. The minimum absolute atomic E-state index is 0.00108. The summed E-state index contributed by atoms with van der Waals surface area (Å²) in [5, 5.41) is 1.73. The van der Waals surface area contributed by atoms with Gasteiger partial charge in [0.05, 0.1) is 6.04 Å². The molecular formula is C17H22ClN3OS. The molecule has 0 aromatic heterocycles. The van der Waals surface area contributed by atoms with Gasteiger partial charge in [-0.15, -0.1) is 0 Å². The van der Waals surface area contributed by atoms with Crippen LogP contribution >= 0.6 is 23.4 Å². The van der Waals surface area contributed by atoms with Crippen LogP contribution in [0.5, 0.6) is 0 Å². The third-order valence-corrected chi connectivity index (χ3v) is 5.84. The quantitative estimate of drug-likeness (QED) is 0.825. The molecule has 23 heavy (non-hydrogen) atoms. The molecule has 1 unspecified atom stereocenters. The molecule has 6 heteroatoms. The molecule has 1 aromatic rings. The summed E-state index contributed by atoms with van der Waals surface area (Å²) in [5.41, 5.74) is 0.876. The van der Waals surface area contributed by atoms with Crippen LogP contribution in [0, 0.1) is 0 Å². The maximum Gasteiger partial charge on any atom is 0.225 e. The Labute approximate surface area is 146 Å². The molecule has 0 spiro atoms. The molecule has 1 atom stereocenters. The van der Waals surface area contributed by atoms with Gasteiger partial charge in [0.15, 0.2) is 5.17 Å². The van der Waals surface area contributed by atoms with Crippen LogP contribution in [-0.2, 0) is 4.79 Å². The van der Waals surface area contributed by atoms with Gasteiger partial charge < -0.3 is 4.90 Å². The van der Waals surface area contributed by atoms with E-state index in [1.54, 1.807) is 18.7 Å². The topological polar surface area (TPSA) is 35.9 Å². The van der Waals surface area contributed by atoms with Crippen molar-refractivity contribution < 1.29 is 4.79 Å². The highest BCUT2D eigenvalue weighted by Crippen LogP contribution is 2.31. The van der Waals surface area contributed by atoms with Gasteiger partial charge in [-0.25, -0.2) is 0 Å². The number of hydrogen-bond donors (Lipinski definition) is 0. The number of carbonyl (C=O) groups is 1. The third-order valence-electron chi connectivity index (χ3n) is 4.47. The molecule has 1 amide bonds. The Morgan fingerprint density at radius 1 is 1.30 bits per heavy atom. The average Bonchev–Trinajstić information content (AvgIpc) is 3.14. The zero-order valence-electron chi connectivity index (χ0n) is 13.5. The molecule has 1 aliphatic heterocycles. The highest BCUT2D eigenvalue weighted by molar-refractivity contribution is 8.14. The fourth-order valence-corrected chi connectivity index (χ4v) is 4.57. The van der Waals surface area contributed by atoms with Crippen molar-refractivity contribution in [2.24, 2.45) is 4.99 Å². The van der Waals surface area contributed by atoms with E-state index in [1.807, 2.05) is 36.2 Å². The molecule has 1 aliphatic carbocycles. The fourth-order valence-electron chi connectivity index (χ4n) is 3.22. The summed E-state index contributed by atoms with van der Waals surface area (Å²) >= 11 is 7.71. The van der Waals surface area contributed by atoms with Gasteiger partial charge in [-0.2, -0.15) is 0 Å². The Morgan fingerprint density at radius 3 is 2.57 bits per heavy atom. The Morgan fingerprint density at radius 2 is 1.96 bits per heavy atom. The minimum Gasteiger partial charge on any atom is -0.333 e. The molecule has 0 radical (unpaired) electrons. The van der Waals surface area contributed by atoms with Crippen LogP contribution in [0.3, 0.4) is 0 Å². The van der Waals surface area contributed by atoms with E-state index in [-0.39, 0.29) is 12.1 Å². The summed E-state index contributed by atoms with van der Waals surface area (Å²) in [7, 11) is 2.03. The zero-order valence-corrected chi connectivity index (χ0v) is 15.1. The van der Waals surface area contributed by atoms with Crippen LogP contribution < -0.4 is 4.90 Å². The van der Waals surface area contributed by atoms with Crippen LogP contribution in [0.4, 0.5) is 5.69 Å². The van der Waals surface area contributed by atoms with Crippen LogP contribution in [0.1, 0.15) is 32.6 Å². The first-order valence-electron chi connectivity index (χ1n) is 8.05. The van der Waals surface area contributed by atoms with E-state index >= 15 is 0 Å². The number of amidine groups is 1. The van der Waals surface area contributed by atoms with E-state index in [0.29, 0.717) is 11.1 Å². The molecule has 0 N–H and O–H groups in total. The smallest absolute Gasteiger partial charge is 0.225 e. The first kappa shape index (κ1) is 16.7. The van der Waals surface area contributed by atoms with Gasteiger partial charge in [0, 0.05) is 30.4 Å². The van der Waals surface area contributed by atoms with Crippen molar-refractivity contribution in [1.29, 1.82) is 0 Å². The SMILES string of the molecule is CC(=O)N(c1ccc(Cl)cc1)C1CSC(=NC2CCCC2)N1C. The fraction of sp³-hybridized carbons (Fsp3) is 0.529. The Balaban J connectivity index is 1.80. The summed E-state index contributed by atoms with van der Waals surface area (Å²) in [5.74, 6) is 0.872. The number of amides is 1. The second-order valence-corrected chi connectivity index (χ2v) is 7.54. The normalized spacial score (nSPS) is 23.7. The maximum absolute atomic E-state index is 12.2. The number of thioether (sulfide) groups is 1. The van der Waals surface area contributed by atoms with E-state index in [4.69, 9.17) is 16.6 Å². The molecule has 1 aromatic carbocycles. The van der Waals surface area contributed by atoms with Crippen molar-refractivity contribution in [2.45, 2.75) is 44.8 Å². The Kier molecular flexibility index (Phi) is 5.17. The van der Waals surface area contributed by atoms with E-state index in [1.165, 1.54) is 25.7 Å². The van der Waals surface area contributed by atoms with Gasteiger partial charge in [0.1, 0.15) is 6.17 Å².